The quantitative estimate of drug-likeness (QED) is 0.206. The predicted molar refractivity (Wildman–Crippen MR) is 160 cm³/mol. The van der Waals surface area contributed by atoms with Crippen molar-refractivity contribution in [1.82, 2.24) is 5.43 Å². The highest BCUT2D eigenvalue weighted by atomic mass is 32.2. The van der Waals surface area contributed by atoms with Gasteiger partial charge in [0.05, 0.1) is 23.4 Å². The molecule has 0 aromatic heterocycles. The number of ether oxygens (including phenoxy) is 1. The van der Waals surface area contributed by atoms with Crippen LogP contribution >= 0.6 is 0 Å². The summed E-state index contributed by atoms with van der Waals surface area (Å²) in [6.45, 7) is 3.09. The van der Waals surface area contributed by atoms with E-state index >= 15 is 0 Å². The summed E-state index contributed by atoms with van der Waals surface area (Å²) in [5.74, 6) is -0.368. The third kappa shape index (κ3) is 7.37. The summed E-state index contributed by atoms with van der Waals surface area (Å²) in [6, 6.07) is 28.7. The smallest absolute Gasteiger partial charge is 0.264 e. The Bertz CT molecular complexity index is 1650. The molecule has 41 heavy (non-hydrogen) atoms. The number of benzene rings is 4. The molecule has 210 valence electrons. The summed E-state index contributed by atoms with van der Waals surface area (Å²) in [5.41, 5.74) is 5.96. The first kappa shape index (κ1) is 29.0. The zero-order valence-electron chi connectivity index (χ0n) is 22.9. The van der Waals surface area contributed by atoms with Gasteiger partial charge in [0.15, 0.2) is 0 Å². The molecule has 9 nitrogen and oxygen atoms in total. The summed E-state index contributed by atoms with van der Waals surface area (Å²) in [5, 5.41) is 7.02. The second kappa shape index (κ2) is 12.9. The highest BCUT2D eigenvalue weighted by Gasteiger charge is 2.27. The van der Waals surface area contributed by atoms with E-state index in [9.17, 15) is 18.0 Å². The number of aryl methyl sites for hydroxylation is 1. The normalized spacial score (nSPS) is 11.4. The molecule has 0 spiro atoms. The Morgan fingerprint density at radius 2 is 1.51 bits per heavy atom. The molecule has 2 N–H and O–H groups in total. The SMILES string of the molecule is COc1ccc(S(=O)(=O)N(CC(=O)N/N=C(/C)c2cccc(NC(=O)c3ccccc3)c2)c2ccc(C)cc2)cc1. The van der Waals surface area contributed by atoms with E-state index in [2.05, 4.69) is 15.8 Å². The van der Waals surface area contributed by atoms with Gasteiger partial charge in [-0.1, -0.05) is 48.0 Å². The first-order valence-electron chi connectivity index (χ1n) is 12.7. The number of carbonyl (C=O) groups excluding carboxylic acids is 2. The van der Waals surface area contributed by atoms with Crippen molar-refractivity contribution >= 4 is 38.9 Å². The Kier molecular flexibility index (Phi) is 9.15. The van der Waals surface area contributed by atoms with Crippen molar-refractivity contribution in [2.24, 2.45) is 5.10 Å². The van der Waals surface area contributed by atoms with Crippen molar-refractivity contribution in [3.63, 3.8) is 0 Å². The number of nitrogens with zero attached hydrogens (tertiary/aromatic N) is 2. The number of amides is 2. The van der Waals surface area contributed by atoms with Crippen molar-refractivity contribution in [3.05, 3.63) is 120 Å². The van der Waals surface area contributed by atoms with Crippen LogP contribution in [-0.2, 0) is 14.8 Å². The fourth-order valence-corrected chi connectivity index (χ4v) is 5.31. The van der Waals surface area contributed by atoms with Gasteiger partial charge in [0.1, 0.15) is 12.3 Å². The molecule has 0 atom stereocenters. The van der Waals surface area contributed by atoms with E-state index in [1.807, 2.05) is 13.0 Å². The number of sulfonamides is 1. The molecule has 0 unspecified atom stereocenters. The lowest BCUT2D eigenvalue weighted by molar-refractivity contribution is -0.119. The average Bonchev–Trinajstić information content (AvgIpc) is 2.99. The monoisotopic (exact) mass is 570 g/mol. The molecule has 0 aliphatic carbocycles. The van der Waals surface area contributed by atoms with E-state index in [0.29, 0.717) is 34.0 Å². The Hall–Kier alpha value is -4.96. The van der Waals surface area contributed by atoms with Crippen molar-refractivity contribution in [2.75, 3.05) is 23.3 Å². The highest BCUT2D eigenvalue weighted by Crippen LogP contribution is 2.25. The van der Waals surface area contributed by atoms with Crippen molar-refractivity contribution in [1.29, 1.82) is 0 Å². The number of rotatable bonds is 10. The van der Waals surface area contributed by atoms with Gasteiger partial charge in [-0.3, -0.25) is 13.9 Å². The summed E-state index contributed by atoms with van der Waals surface area (Å²) in [6.07, 6.45) is 0. The van der Waals surface area contributed by atoms with Crippen LogP contribution in [0.2, 0.25) is 0 Å². The maximum absolute atomic E-state index is 13.6. The Morgan fingerprint density at radius 1 is 0.854 bits per heavy atom. The molecule has 0 heterocycles. The number of carbonyl (C=O) groups is 2. The predicted octanol–water partition coefficient (Wildman–Crippen LogP) is 4.99. The van der Waals surface area contributed by atoms with Crippen molar-refractivity contribution in [3.8, 4) is 5.75 Å². The molecule has 2 amide bonds. The third-order valence-electron chi connectivity index (χ3n) is 6.18. The largest absolute Gasteiger partial charge is 0.497 e. The number of methoxy groups -OCH3 is 1. The number of anilines is 2. The molecule has 0 saturated heterocycles. The Morgan fingerprint density at radius 3 is 2.17 bits per heavy atom. The van der Waals surface area contributed by atoms with Gasteiger partial charge in [0.2, 0.25) is 0 Å². The first-order valence-corrected chi connectivity index (χ1v) is 14.1. The Labute approximate surface area is 239 Å². The van der Waals surface area contributed by atoms with Crippen LogP contribution in [-0.4, -0.2) is 39.6 Å². The maximum Gasteiger partial charge on any atom is 0.264 e. The lowest BCUT2D eigenvalue weighted by Crippen LogP contribution is -2.39. The zero-order valence-corrected chi connectivity index (χ0v) is 23.7. The van der Waals surface area contributed by atoms with Crippen LogP contribution in [0.3, 0.4) is 0 Å². The van der Waals surface area contributed by atoms with Crippen LogP contribution in [0.5, 0.6) is 5.75 Å². The molecule has 0 saturated carbocycles. The molecule has 4 rings (SSSR count). The van der Waals surface area contributed by atoms with Crippen LogP contribution in [0.25, 0.3) is 0 Å². The van der Waals surface area contributed by atoms with Crippen LogP contribution in [0, 0.1) is 6.92 Å². The summed E-state index contributed by atoms with van der Waals surface area (Å²) in [4.78, 5) is 25.5. The second-order valence-electron chi connectivity index (χ2n) is 9.16. The first-order chi connectivity index (χ1) is 19.7. The molecule has 0 aliphatic rings. The maximum atomic E-state index is 13.6. The minimum absolute atomic E-state index is 0.0146. The van der Waals surface area contributed by atoms with Gasteiger partial charge in [0, 0.05) is 11.3 Å². The lowest BCUT2D eigenvalue weighted by atomic mass is 10.1. The molecule has 10 heteroatoms. The van der Waals surface area contributed by atoms with Gasteiger partial charge in [-0.25, -0.2) is 13.8 Å². The van der Waals surface area contributed by atoms with Gasteiger partial charge in [-0.15, -0.1) is 0 Å². The van der Waals surface area contributed by atoms with E-state index in [0.717, 1.165) is 9.87 Å². The minimum atomic E-state index is -4.09. The second-order valence-corrected chi connectivity index (χ2v) is 11.0. The van der Waals surface area contributed by atoms with Gasteiger partial charge >= 0.3 is 0 Å². The number of hydrazone groups is 1. The summed E-state index contributed by atoms with van der Waals surface area (Å²) in [7, 11) is -2.60. The molecule has 0 fully saturated rings. The van der Waals surface area contributed by atoms with Gasteiger partial charge < -0.3 is 10.1 Å². The molecule has 4 aromatic carbocycles. The fraction of sp³-hybridized carbons (Fsp3) is 0.129. The Balaban J connectivity index is 1.50. The van der Waals surface area contributed by atoms with Crippen molar-refractivity contribution < 1.29 is 22.7 Å². The molecule has 0 radical (unpaired) electrons. The van der Waals surface area contributed by atoms with E-state index in [1.165, 1.54) is 19.2 Å². The van der Waals surface area contributed by atoms with Crippen LogP contribution in [0.1, 0.15) is 28.4 Å². The van der Waals surface area contributed by atoms with Crippen LogP contribution < -0.4 is 19.8 Å². The van der Waals surface area contributed by atoms with Gasteiger partial charge in [-0.2, -0.15) is 5.10 Å². The molecular weight excluding hydrogens is 540 g/mol. The van der Waals surface area contributed by atoms with Crippen LogP contribution in [0.4, 0.5) is 11.4 Å². The van der Waals surface area contributed by atoms with E-state index in [-0.39, 0.29) is 10.8 Å². The number of hydrogen-bond donors (Lipinski definition) is 2. The van der Waals surface area contributed by atoms with Gasteiger partial charge in [-0.05, 0) is 80.1 Å². The lowest BCUT2D eigenvalue weighted by Gasteiger charge is -2.24. The number of nitrogens with one attached hydrogen (secondary N) is 2. The van der Waals surface area contributed by atoms with E-state index in [1.54, 1.807) is 91.9 Å². The highest BCUT2D eigenvalue weighted by molar-refractivity contribution is 7.92. The standard InChI is InChI=1S/C31H30N4O5S/c1-22-12-14-27(15-13-22)35(41(38,39)29-18-16-28(40-3)17-19-29)21-30(36)34-33-23(2)25-10-7-11-26(20-25)32-31(37)24-8-5-4-6-9-24/h4-20H,21H2,1-3H3,(H,32,37)(H,34,36)/b33-23-. The topological polar surface area (TPSA) is 117 Å². The van der Waals surface area contributed by atoms with Gasteiger partial charge in [0.25, 0.3) is 21.8 Å². The third-order valence-corrected chi connectivity index (χ3v) is 7.97. The zero-order chi connectivity index (χ0) is 29.4. The molecule has 4 aromatic rings. The fourth-order valence-electron chi connectivity index (χ4n) is 3.89. The summed E-state index contributed by atoms with van der Waals surface area (Å²) < 4.78 is 33.3. The molecule has 0 aliphatic heterocycles. The molecular formula is C31H30N4O5S. The number of hydrogen-bond acceptors (Lipinski definition) is 6. The van der Waals surface area contributed by atoms with E-state index < -0.39 is 22.5 Å². The average molecular weight is 571 g/mol. The van der Waals surface area contributed by atoms with Crippen LogP contribution in [0.15, 0.2) is 113 Å². The van der Waals surface area contributed by atoms with Crippen molar-refractivity contribution in [2.45, 2.75) is 18.7 Å². The molecule has 0 bridgehead atoms. The summed E-state index contributed by atoms with van der Waals surface area (Å²) >= 11 is 0. The van der Waals surface area contributed by atoms with E-state index in [4.69, 9.17) is 4.74 Å². The minimum Gasteiger partial charge on any atom is -0.497 e.